The zero-order valence-electron chi connectivity index (χ0n) is 4.05. The molecule has 0 unspecified atom stereocenters. The van der Waals surface area contributed by atoms with E-state index in [2.05, 4.69) is 0 Å². The first-order valence-corrected chi connectivity index (χ1v) is 9.29. The molecule has 0 aliphatic heterocycles. The van der Waals surface area contributed by atoms with E-state index in [-0.39, 0.29) is 45.5 Å². The minimum atomic E-state index is -4.34. The summed E-state index contributed by atoms with van der Waals surface area (Å²) in [4.78, 5) is 0. The van der Waals surface area contributed by atoms with E-state index >= 15 is 0 Å². The first-order chi connectivity index (χ1) is 3.46. The molecule has 0 fully saturated rings. The third-order valence-corrected chi connectivity index (χ3v) is 0. The first kappa shape index (κ1) is 17.3. The molecule has 0 radical (unpaired) electrons. The molecule has 0 aromatic carbocycles. The van der Waals surface area contributed by atoms with Crippen molar-refractivity contribution in [2.45, 2.75) is 0 Å². The summed E-state index contributed by atoms with van der Waals surface area (Å²) in [5.74, 6) is 0. The Kier molecular flexibility index (Phi) is 24.8. The molecule has 0 heterocycles. The summed E-state index contributed by atoms with van der Waals surface area (Å²) in [6.07, 6.45) is 0. The molecule has 0 spiro atoms. The van der Waals surface area contributed by atoms with Gasteiger partial charge in [-0.15, -0.1) is 0 Å². The summed E-state index contributed by atoms with van der Waals surface area (Å²) in [6, 6.07) is 0. The van der Waals surface area contributed by atoms with Crippen LogP contribution in [0.3, 0.4) is 0 Å². The maximum Gasteiger partial charge on any atom is 2.00 e. The number of hydrogen-bond donors (Lipinski definition) is 0. The van der Waals surface area contributed by atoms with Gasteiger partial charge in [-0.25, -0.2) is 0 Å². The Hall–Kier alpha value is 2.22. The van der Waals surface area contributed by atoms with Crippen LogP contribution in [0.25, 0.3) is 0 Å². The quantitative estimate of drug-likeness (QED) is 0.277. The molecule has 48 valence electrons. The van der Waals surface area contributed by atoms with Crippen molar-refractivity contribution in [3.05, 3.63) is 0 Å². The van der Waals surface area contributed by atoms with Crippen molar-refractivity contribution in [1.29, 1.82) is 0 Å². The van der Waals surface area contributed by atoms with Crippen LogP contribution in [0.4, 0.5) is 0 Å². The van der Waals surface area contributed by atoms with Crippen molar-refractivity contribution in [2.24, 2.45) is 0 Å². The van der Waals surface area contributed by atoms with Gasteiger partial charge in [0.2, 0.25) is 0 Å². The van der Waals surface area contributed by atoms with Gasteiger partial charge in [0.1, 0.15) is 0 Å². The maximum absolute atomic E-state index is 8.62. The molecular weight excluding hydrogens is 574 g/mol. The molecule has 0 saturated heterocycles. The van der Waals surface area contributed by atoms with E-state index in [1.807, 2.05) is 0 Å². The summed E-state index contributed by atoms with van der Waals surface area (Å²) in [5, 5.41) is 0. The molecule has 0 aromatic heterocycles. The average Bonchev–Trinajstić information content (AvgIpc) is 1.25. The topological polar surface area (TPSA) is 114 Å². The van der Waals surface area contributed by atoms with E-state index < -0.39 is 41.0 Å². The monoisotopic (exact) mass is 574 g/mol. The Morgan fingerprint density at radius 3 is 1.22 bits per heavy atom. The standard InChI is InChI=1S/Bi.6O.Sr.Ta/q;;;;;2*-1;+2;. The minimum Gasteiger partial charge on any atom is 2.00 e. The van der Waals surface area contributed by atoms with Crippen molar-refractivity contribution in [3.63, 3.8) is 0 Å². The Morgan fingerprint density at radius 2 is 1.22 bits per heavy atom. The van der Waals surface area contributed by atoms with Crippen LogP contribution in [0.15, 0.2) is 0 Å². The molecule has 0 saturated carbocycles. The van der Waals surface area contributed by atoms with Gasteiger partial charge >= 0.3 is 105 Å². The van der Waals surface area contributed by atoms with Crippen LogP contribution < -0.4 is 6.80 Å². The second-order valence-corrected chi connectivity index (χ2v) is 3.79. The molecule has 9 heavy (non-hydrogen) atoms. The number of hydrogen-bond acceptors (Lipinski definition) is 6. The molecule has 0 amide bonds. The third kappa shape index (κ3) is 140. The molecular formula is BiO6SrTa. The zero-order valence-corrected chi connectivity index (χ0v) is 14.2. The van der Waals surface area contributed by atoms with Gasteiger partial charge < -0.3 is 0 Å². The van der Waals surface area contributed by atoms with Gasteiger partial charge in [0.15, 0.2) is 0 Å². The summed E-state index contributed by atoms with van der Waals surface area (Å²) in [5.41, 5.74) is 0. The molecule has 0 aromatic rings. The minimum absolute atomic E-state index is 0. The normalized spacial score (nSPS) is 5.56. The predicted octanol–water partition coefficient (Wildman–Crippen LogP) is -3.62. The first-order valence-electron chi connectivity index (χ1n) is 1.10. The van der Waals surface area contributed by atoms with Gasteiger partial charge in [-0.3, -0.25) is 0 Å². The molecule has 0 bridgehead atoms. The van der Waals surface area contributed by atoms with E-state index in [0.29, 0.717) is 0 Å². The van der Waals surface area contributed by atoms with E-state index in [1.165, 1.54) is 0 Å². The van der Waals surface area contributed by atoms with Crippen LogP contribution in [0.2, 0.25) is 0 Å². The van der Waals surface area contributed by atoms with Gasteiger partial charge in [-0.1, -0.05) is 0 Å². The largest absolute Gasteiger partial charge is 2.00 e. The van der Waals surface area contributed by atoms with Gasteiger partial charge in [0.05, 0.1) is 0 Å². The van der Waals surface area contributed by atoms with E-state index in [9.17, 15) is 0 Å². The van der Waals surface area contributed by atoms with Gasteiger partial charge in [0.25, 0.3) is 0 Å². The molecule has 0 aliphatic carbocycles. The van der Waals surface area contributed by atoms with Crippen LogP contribution in [0.5, 0.6) is 0 Å². The number of rotatable bonds is 0. The molecule has 0 rings (SSSR count). The zero-order chi connectivity index (χ0) is 7.15. The Bertz CT molecular complexity index is 130. The Balaban J connectivity index is -0.0000000720. The SMILES string of the molecule is [O]=[Bi](=[O])[O-].[O]=[Ta](=[O])[O-].[Sr+2]. The van der Waals surface area contributed by atoms with Crippen molar-refractivity contribution in [2.75, 3.05) is 0 Å². The van der Waals surface area contributed by atoms with Crippen molar-refractivity contribution in [1.82, 2.24) is 0 Å². The fourth-order valence-electron chi connectivity index (χ4n) is 0. The van der Waals surface area contributed by atoms with Gasteiger partial charge in [-0.05, 0) is 0 Å². The average molecular weight is 574 g/mol. The van der Waals surface area contributed by atoms with Gasteiger partial charge in [0, 0.05) is 0 Å². The summed E-state index contributed by atoms with van der Waals surface area (Å²) < 4.78 is 51.7. The van der Waals surface area contributed by atoms with Crippen LogP contribution >= 0.6 is 0 Å². The summed E-state index contributed by atoms with van der Waals surface area (Å²) in [7, 11) is 0. The molecule has 0 aliphatic rings. The van der Waals surface area contributed by atoms with E-state index in [0.717, 1.165) is 0 Å². The Labute approximate surface area is 103 Å². The fraction of sp³-hybridized carbons (Fsp3) is 0. The van der Waals surface area contributed by atoms with Crippen molar-refractivity contribution >= 4 is 67.7 Å². The molecule has 0 atom stereocenters. The van der Waals surface area contributed by atoms with Crippen molar-refractivity contribution < 1.29 is 37.7 Å². The Morgan fingerprint density at radius 1 is 1.22 bits per heavy atom. The van der Waals surface area contributed by atoms with Crippen LogP contribution in [-0.2, 0) is 30.9 Å². The molecule has 9 heteroatoms. The summed E-state index contributed by atoms with van der Waals surface area (Å²) >= 11 is -8.69. The van der Waals surface area contributed by atoms with E-state index in [1.54, 1.807) is 0 Å². The smallest absolute Gasteiger partial charge is 2.00 e. The van der Waals surface area contributed by atoms with Crippen LogP contribution in [0, 0.1) is 0 Å². The fourth-order valence-corrected chi connectivity index (χ4v) is 0. The maximum atomic E-state index is 8.62. The second-order valence-electron chi connectivity index (χ2n) is 0.447. The van der Waals surface area contributed by atoms with Gasteiger partial charge in [-0.2, -0.15) is 0 Å². The van der Waals surface area contributed by atoms with E-state index in [4.69, 9.17) is 18.9 Å². The van der Waals surface area contributed by atoms with Crippen LogP contribution in [0.1, 0.15) is 0 Å². The van der Waals surface area contributed by atoms with Crippen LogP contribution in [-0.4, -0.2) is 67.7 Å². The second kappa shape index (κ2) is 12.9. The van der Waals surface area contributed by atoms with Crippen molar-refractivity contribution in [3.8, 4) is 0 Å². The summed E-state index contributed by atoms with van der Waals surface area (Å²) in [6.45, 7) is 0. The molecule has 0 N–H and O–H groups in total. The predicted molar refractivity (Wildman–Crippen MR) is 14.3 cm³/mol. The third-order valence-electron chi connectivity index (χ3n) is 0. The molecule has 6 nitrogen and oxygen atoms in total.